The Balaban J connectivity index is 2.16. The number of hydrogen-bond acceptors (Lipinski definition) is 5. The van der Waals surface area contributed by atoms with Gasteiger partial charge >= 0.3 is 0 Å². The van der Waals surface area contributed by atoms with E-state index in [0.29, 0.717) is 16.7 Å². The van der Waals surface area contributed by atoms with Crippen molar-refractivity contribution in [2.75, 3.05) is 0 Å². The molecule has 0 bridgehead atoms. The van der Waals surface area contributed by atoms with Crippen LogP contribution in [0.1, 0.15) is 52.1 Å². The summed E-state index contributed by atoms with van der Waals surface area (Å²) in [6.45, 7) is 10.2. The van der Waals surface area contributed by atoms with Crippen LogP contribution in [0.4, 0.5) is 5.69 Å². The maximum Gasteiger partial charge on any atom is 0.197 e. The Morgan fingerprint density at radius 3 is 2.65 bits per heavy atom. The van der Waals surface area contributed by atoms with Crippen LogP contribution in [0.3, 0.4) is 0 Å². The minimum Gasteiger partial charge on any atom is -0.464 e. The second-order valence-electron chi connectivity index (χ2n) is 6.93. The first kappa shape index (κ1) is 15.9. The van der Waals surface area contributed by atoms with Gasteiger partial charge in [0.25, 0.3) is 0 Å². The van der Waals surface area contributed by atoms with Crippen LogP contribution in [-0.2, 0) is 10.3 Å². The molecule has 0 N–H and O–H groups in total. The van der Waals surface area contributed by atoms with E-state index in [1.165, 1.54) is 0 Å². The van der Waals surface area contributed by atoms with Crippen molar-refractivity contribution in [3.63, 3.8) is 0 Å². The monoisotopic (exact) mass is 333 g/mol. The van der Waals surface area contributed by atoms with Gasteiger partial charge in [0.2, 0.25) is 0 Å². The van der Waals surface area contributed by atoms with Gasteiger partial charge in [-0.2, -0.15) is 0 Å². The number of benzene rings is 1. The highest BCUT2D eigenvalue weighted by Crippen LogP contribution is 2.39. The SMILES string of the molecule is CC(C)C1=Nc2ccc(Cl)cc2C(c2nnnn2C(C)(C)C)O1. The van der Waals surface area contributed by atoms with Gasteiger partial charge in [-0.05, 0) is 49.4 Å². The molecule has 0 radical (unpaired) electrons. The van der Waals surface area contributed by atoms with Crippen LogP contribution >= 0.6 is 11.6 Å². The highest BCUT2D eigenvalue weighted by molar-refractivity contribution is 6.30. The van der Waals surface area contributed by atoms with E-state index in [0.717, 1.165) is 11.3 Å². The minimum absolute atomic E-state index is 0.167. The molecule has 3 rings (SSSR count). The summed E-state index contributed by atoms with van der Waals surface area (Å²) >= 11 is 6.17. The van der Waals surface area contributed by atoms with Crippen molar-refractivity contribution in [2.24, 2.45) is 10.9 Å². The second-order valence-corrected chi connectivity index (χ2v) is 7.36. The summed E-state index contributed by atoms with van der Waals surface area (Å²) in [5, 5.41) is 12.8. The van der Waals surface area contributed by atoms with Gasteiger partial charge in [0.15, 0.2) is 17.8 Å². The molecule has 0 amide bonds. The van der Waals surface area contributed by atoms with Crippen molar-refractivity contribution in [1.82, 2.24) is 20.2 Å². The summed E-state index contributed by atoms with van der Waals surface area (Å²) in [7, 11) is 0. The van der Waals surface area contributed by atoms with Gasteiger partial charge in [-0.3, -0.25) is 0 Å². The lowest BCUT2D eigenvalue weighted by molar-refractivity contribution is 0.185. The summed E-state index contributed by atoms with van der Waals surface area (Å²) in [4.78, 5) is 4.60. The minimum atomic E-state index is -0.423. The summed E-state index contributed by atoms with van der Waals surface area (Å²) in [5.41, 5.74) is 1.47. The van der Waals surface area contributed by atoms with Gasteiger partial charge in [0, 0.05) is 16.5 Å². The molecule has 6 nitrogen and oxygen atoms in total. The first-order valence-corrected chi connectivity index (χ1v) is 7.98. The Bertz CT molecular complexity index is 760. The summed E-state index contributed by atoms with van der Waals surface area (Å²) < 4.78 is 7.92. The Morgan fingerprint density at radius 2 is 2.00 bits per heavy atom. The van der Waals surface area contributed by atoms with Crippen molar-refractivity contribution in [2.45, 2.75) is 46.3 Å². The van der Waals surface area contributed by atoms with Gasteiger partial charge in [-0.15, -0.1) is 5.10 Å². The number of tetrazole rings is 1. The molecule has 2 heterocycles. The molecule has 122 valence electrons. The van der Waals surface area contributed by atoms with Crippen molar-refractivity contribution < 1.29 is 4.74 Å². The van der Waals surface area contributed by atoms with Crippen LogP contribution in [0, 0.1) is 5.92 Å². The fraction of sp³-hybridized carbons (Fsp3) is 0.500. The van der Waals surface area contributed by atoms with Crippen LogP contribution in [0.2, 0.25) is 5.02 Å². The zero-order chi connectivity index (χ0) is 16.8. The van der Waals surface area contributed by atoms with E-state index in [1.807, 2.05) is 52.8 Å². The second kappa shape index (κ2) is 5.60. The number of ether oxygens (including phenoxy) is 1. The quantitative estimate of drug-likeness (QED) is 0.836. The van der Waals surface area contributed by atoms with E-state index in [1.54, 1.807) is 4.68 Å². The van der Waals surface area contributed by atoms with E-state index in [4.69, 9.17) is 16.3 Å². The summed E-state index contributed by atoms with van der Waals surface area (Å²) in [5.74, 6) is 1.49. The van der Waals surface area contributed by atoms with Crippen molar-refractivity contribution in [1.29, 1.82) is 0 Å². The Hall–Kier alpha value is -1.95. The smallest absolute Gasteiger partial charge is 0.197 e. The molecule has 1 aromatic carbocycles. The lowest BCUT2D eigenvalue weighted by Gasteiger charge is -2.29. The van der Waals surface area contributed by atoms with Gasteiger partial charge < -0.3 is 4.74 Å². The predicted molar refractivity (Wildman–Crippen MR) is 89.1 cm³/mol. The van der Waals surface area contributed by atoms with E-state index in [-0.39, 0.29) is 11.5 Å². The number of rotatable bonds is 2. The van der Waals surface area contributed by atoms with Gasteiger partial charge in [0.1, 0.15) is 0 Å². The lowest BCUT2D eigenvalue weighted by atomic mass is 10.0. The maximum atomic E-state index is 6.17. The molecular weight excluding hydrogens is 314 g/mol. The number of hydrogen-bond donors (Lipinski definition) is 0. The Kier molecular flexibility index (Phi) is 3.88. The molecule has 1 atom stereocenters. The number of halogens is 1. The largest absolute Gasteiger partial charge is 0.464 e. The van der Waals surface area contributed by atoms with Gasteiger partial charge in [0.05, 0.1) is 11.2 Å². The van der Waals surface area contributed by atoms with Crippen LogP contribution in [0.5, 0.6) is 0 Å². The molecule has 0 fully saturated rings. The molecule has 1 aliphatic heterocycles. The third-order valence-corrected chi connectivity index (χ3v) is 3.83. The molecular formula is C16H20ClN5O. The average molecular weight is 334 g/mol. The third kappa shape index (κ3) is 2.95. The van der Waals surface area contributed by atoms with E-state index >= 15 is 0 Å². The van der Waals surface area contributed by atoms with Gasteiger partial charge in [-0.1, -0.05) is 25.4 Å². The first-order valence-electron chi connectivity index (χ1n) is 7.61. The molecule has 7 heteroatoms. The van der Waals surface area contributed by atoms with Crippen LogP contribution in [0.15, 0.2) is 23.2 Å². The van der Waals surface area contributed by atoms with Crippen molar-refractivity contribution >= 4 is 23.2 Å². The predicted octanol–water partition coefficient (Wildman–Crippen LogP) is 3.89. The molecule has 1 unspecified atom stereocenters. The van der Waals surface area contributed by atoms with Crippen molar-refractivity contribution in [3.05, 3.63) is 34.6 Å². The van der Waals surface area contributed by atoms with Crippen molar-refractivity contribution in [3.8, 4) is 0 Å². The number of nitrogens with zero attached hydrogens (tertiary/aromatic N) is 5. The standard InChI is InChI=1S/C16H20ClN5O/c1-9(2)15-18-12-7-6-10(17)8-11(12)13(23-15)14-19-20-21-22(14)16(3,4)5/h6-9,13H,1-5H3. The van der Waals surface area contributed by atoms with Crippen LogP contribution < -0.4 is 0 Å². The van der Waals surface area contributed by atoms with Gasteiger partial charge in [-0.25, -0.2) is 9.67 Å². The molecule has 0 saturated heterocycles. The topological polar surface area (TPSA) is 65.2 Å². The zero-order valence-electron chi connectivity index (χ0n) is 13.9. The summed E-state index contributed by atoms with van der Waals surface area (Å²) in [6.07, 6.45) is -0.423. The fourth-order valence-electron chi connectivity index (χ4n) is 2.46. The third-order valence-electron chi connectivity index (χ3n) is 3.60. The number of fused-ring (bicyclic) bond motifs is 1. The lowest BCUT2D eigenvalue weighted by Crippen LogP contribution is -2.30. The normalized spacial score (nSPS) is 17.7. The molecule has 0 aliphatic carbocycles. The van der Waals surface area contributed by atoms with E-state index < -0.39 is 6.10 Å². The molecule has 0 saturated carbocycles. The molecule has 1 aromatic heterocycles. The molecule has 0 spiro atoms. The molecule has 2 aromatic rings. The maximum absolute atomic E-state index is 6.17. The summed E-state index contributed by atoms with van der Waals surface area (Å²) in [6, 6.07) is 5.60. The highest BCUT2D eigenvalue weighted by Gasteiger charge is 2.33. The molecule has 23 heavy (non-hydrogen) atoms. The van der Waals surface area contributed by atoms with E-state index in [2.05, 4.69) is 20.5 Å². The number of aromatic nitrogens is 4. The van der Waals surface area contributed by atoms with E-state index in [9.17, 15) is 0 Å². The van der Waals surface area contributed by atoms with Crippen LogP contribution in [-0.4, -0.2) is 26.1 Å². The Morgan fingerprint density at radius 1 is 1.26 bits per heavy atom. The zero-order valence-corrected chi connectivity index (χ0v) is 14.7. The first-order chi connectivity index (χ1) is 10.8. The molecule has 1 aliphatic rings. The fourth-order valence-corrected chi connectivity index (χ4v) is 2.64. The number of aliphatic imine (C=N–C) groups is 1. The average Bonchev–Trinajstić information content (AvgIpc) is 2.95. The highest BCUT2D eigenvalue weighted by atomic mass is 35.5. The van der Waals surface area contributed by atoms with Crippen LogP contribution in [0.25, 0.3) is 0 Å². The Labute approximate surface area is 140 Å².